The van der Waals surface area contributed by atoms with E-state index in [1.165, 1.54) is 12.1 Å². The van der Waals surface area contributed by atoms with E-state index in [0.29, 0.717) is 17.9 Å². The number of rotatable bonds is 5. The summed E-state index contributed by atoms with van der Waals surface area (Å²) in [7, 11) is 2.12. The summed E-state index contributed by atoms with van der Waals surface area (Å²) >= 11 is 0. The van der Waals surface area contributed by atoms with E-state index in [-0.39, 0.29) is 17.5 Å². The van der Waals surface area contributed by atoms with Crippen LogP contribution in [-0.4, -0.2) is 49.0 Å². The van der Waals surface area contributed by atoms with Crippen molar-refractivity contribution in [3.05, 3.63) is 71.9 Å². The number of furan rings is 1. The number of piperazine rings is 1. The van der Waals surface area contributed by atoms with Crippen LogP contribution in [0, 0.1) is 5.82 Å². The summed E-state index contributed by atoms with van der Waals surface area (Å²) in [5.74, 6) is 1.08. The molecule has 1 N–H and O–H groups in total. The van der Waals surface area contributed by atoms with Crippen LogP contribution in [0.15, 0.2) is 59.1 Å². The Kier molecular flexibility index (Phi) is 5.57. The van der Waals surface area contributed by atoms with Gasteiger partial charge in [0.15, 0.2) is 5.76 Å². The van der Waals surface area contributed by atoms with Gasteiger partial charge in [-0.15, -0.1) is 0 Å². The average molecular weight is 394 g/mol. The number of amides is 1. The maximum Gasteiger partial charge on any atom is 0.287 e. The highest BCUT2D eigenvalue weighted by molar-refractivity contribution is 5.92. The summed E-state index contributed by atoms with van der Waals surface area (Å²) in [5, 5.41) is 2.84. The third-order valence-corrected chi connectivity index (χ3v) is 5.05. The maximum atomic E-state index is 13.0. The van der Waals surface area contributed by atoms with Gasteiger partial charge in [-0.2, -0.15) is 0 Å². The molecule has 1 fully saturated rings. The molecule has 0 saturated carbocycles. The Morgan fingerprint density at radius 3 is 2.52 bits per heavy atom. The van der Waals surface area contributed by atoms with Crippen LogP contribution in [0.3, 0.4) is 0 Å². The lowest BCUT2D eigenvalue weighted by atomic mass is 10.2. The molecule has 1 aliphatic heterocycles. The van der Waals surface area contributed by atoms with Crippen molar-refractivity contribution in [1.29, 1.82) is 0 Å². The molecule has 0 aliphatic carbocycles. The number of hydrogen-bond donors (Lipinski definition) is 1. The zero-order chi connectivity index (χ0) is 20.2. The number of carbonyl (C=O) groups is 1. The van der Waals surface area contributed by atoms with Gasteiger partial charge in [0.25, 0.3) is 5.91 Å². The first-order valence-electron chi connectivity index (χ1n) is 9.61. The van der Waals surface area contributed by atoms with Gasteiger partial charge in [-0.05, 0) is 55.1 Å². The van der Waals surface area contributed by atoms with Crippen LogP contribution in [0.1, 0.15) is 16.1 Å². The second-order valence-electron chi connectivity index (χ2n) is 7.17. The largest absolute Gasteiger partial charge is 0.451 e. The van der Waals surface area contributed by atoms with E-state index >= 15 is 0 Å². The fourth-order valence-corrected chi connectivity index (χ4v) is 3.24. The highest BCUT2D eigenvalue weighted by Gasteiger charge is 2.15. The van der Waals surface area contributed by atoms with E-state index in [4.69, 9.17) is 4.42 Å². The lowest BCUT2D eigenvalue weighted by Gasteiger charge is -2.33. The molecule has 1 aromatic carbocycles. The molecule has 150 valence electrons. The lowest BCUT2D eigenvalue weighted by molar-refractivity contribution is 0.0924. The Morgan fingerprint density at radius 2 is 1.83 bits per heavy atom. The second kappa shape index (κ2) is 8.45. The molecule has 1 aliphatic rings. The van der Waals surface area contributed by atoms with Crippen LogP contribution >= 0.6 is 0 Å². The van der Waals surface area contributed by atoms with Gasteiger partial charge in [-0.1, -0.05) is 6.07 Å². The molecule has 0 bridgehead atoms. The molecule has 29 heavy (non-hydrogen) atoms. The van der Waals surface area contributed by atoms with Gasteiger partial charge in [0.2, 0.25) is 0 Å². The highest BCUT2D eigenvalue weighted by Crippen LogP contribution is 2.22. The van der Waals surface area contributed by atoms with Crippen molar-refractivity contribution in [3.63, 3.8) is 0 Å². The van der Waals surface area contributed by atoms with Crippen LogP contribution in [0.25, 0.3) is 11.3 Å². The molecule has 1 amide bonds. The maximum absolute atomic E-state index is 13.0. The van der Waals surface area contributed by atoms with Crippen LogP contribution in [0.2, 0.25) is 0 Å². The molecule has 2 aromatic heterocycles. The third kappa shape index (κ3) is 4.63. The fraction of sp³-hybridized carbons (Fsp3) is 0.273. The SMILES string of the molecule is CN1CCN(c2ccc(CNC(=O)c3ccc(-c4ccc(F)cc4)o3)cn2)CC1. The summed E-state index contributed by atoms with van der Waals surface area (Å²) in [6.45, 7) is 4.36. The highest BCUT2D eigenvalue weighted by atomic mass is 19.1. The summed E-state index contributed by atoms with van der Waals surface area (Å²) in [5.41, 5.74) is 1.63. The number of halogens is 1. The van der Waals surface area contributed by atoms with Crippen molar-refractivity contribution in [2.45, 2.75) is 6.54 Å². The molecule has 0 spiro atoms. The van der Waals surface area contributed by atoms with E-state index in [1.807, 2.05) is 12.1 Å². The van der Waals surface area contributed by atoms with Gasteiger partial charge in [0, 0.05) is 44.5 Å². The van der Waals surface area contributed by atoms with Gasteiger partial charge in [0.1, 0.15) is 17.4 Å². The number of benzene rings is 1. The minimum atomic E-state index is -0.314. The molecule has 4 rings (SSSR count). The quantitative estimate of drug-likeness (QED) is 0.720. The summed E-state index contributed by atoms with van der Waals surface area (Å²) in [4.78, 5) is 21.5. The van der Waals surface area contributed by atoms with Crippen molar-refractivity contribution in [3.8, 4) is 11.3 Å². The number of carbonyl (C=O) groups excluding carboxylic acids is 1. The molecule has 0 radical (unpaired) electrons. The molecule has 0 unspecified atom stereocenters. The zero-order valence-corrected chi connectivity index (χ0v) is 16.3. The molecule has 7 heteroatoms. The first kappa shape index (κ1) is 19.1. The third-order valence-electron chi connectivity index (χ3n) is 5.05. The van der Waals surface area contributed by atoms with Crippen molar-refractivity contribution < 1.29 is 13.6 Å². The van der Waals surface area contributed by atoms with Crippen molar-refractivity contribution in [2.75, 3.05) is 38.1 Å². The molecule has 3 aromatic rings. The molecule has 1 saturated heterocycles. The number of pyridine rings is 1. The van der Waals surface area contributed by atoms with Gasteiger partial charge in [-0.3, -0.25) is 4.79 Å². The van der Waals surface area contributed by atoms with E-state index in [1.54, 1.807) is 30.5 Å². The predicted octanol–water partition coefficient (Wildman–Crippen LogP) is 3.16. The van der Waals surface area contributed by atoms with Crippen molar-refractivity contribution >= 4 is 11.7 Å². The fourth-order valence-electron chi connectivity index (χ4n) is 3.24. The molecule has 0 atom stereocenters. The van der Waals surface area contributed by atoms with Crippen LogP contribution in [0.5, 0.6) is 0 Å². The number of likely N-dealkylation sites (N-methyl/N-ethyl adjacent to an activating group) is 1. The molecule has 3 heterocycles. The van der Waals surface area contributed by atoms with E-state index in [9.17, 15) is 9.18 Å². The Morgan fingerprint density at radius 1 is 1.07 bits per heavy atom. The monoisotopic (exact) mass is 394 g/mol. The van der Waals surface area contributed by atoms with Crippen LogP contribution in [0.4, 0.5) is 10.2 Å². The molecule has 6 nitrogen and oxygen atoms in total. The normalized spacial score (nSPS) is 14.8. The van der Waals surface area contributed by atoms with Crippen molar-refractivity contribution in [2.24, 2.45) is 0 Å². The number of nitrogens with one attached hydrogen (secondary N) is 1. The minimum absolute atomic E-state index is 0.214. The summed E-state index contributed by atoms with van der Waals surface area (Å²) < 4.78 is 18.6. The number of nitrogens with zero attached hydrogens (tertiary/aromatic N) is 3. The Bertz CT molecular complexity index is 961. The van der Waals surface area contributed by atoms with Gasteiger partial charge < -0.3 is 19.5 Å². The average Bonchev–Trinajstić information content (AvgIpc) is 3.24. The number of anilines is 1. The lowest BCUT2D eigenvalue weighted by Crippen LogP contribution is -2.44. The van der Waals surface area contributed by atoms with Crippen LogP contribution < -0.4 is 10.2 Å². The van der Waals surface area contributed by atoms with Crippen molar-refractivity contribution in [1.82, 2.24) is 15.2 Å². The standard InChI is InChI=1S/C22H23FN4O2/c1-26-10-12-27(13-11-26)21-9-2-16(14-24-21)15-25-22(28)20-8-7-19(29-20)17-3-5-18(23)6-4-17/h2-9,14H,10-13,15H2,1H3,(H,25,28). The smallest absolute Gasteiger partial charge is 0.287 e. The minimum Gasteiger partial charge on any atom is -0.451 e. The zero-order valence-electron chi connectivity index (χ0n) is 16.3. The Balaban J connectivity index is 1.33. The topological polar surface area (TPSA) is 61.6 Å². The Labute approximate surface area is 169 Å². The van der Waals surface area contributed by atoms with Gasteiger partial charge >= 0.3 is 0 Å². The van der Waals surface area contributed by atoms with E-state index < -0.39 is 0 Å². The van der Waals surface area contributed by atoms with Gasteiger partial charge in [0.05, 0.1) is 0 Å². The van der Waals surface area contributed by atoms with Gasteiger partial charge in [-0.25, -0.2) is 9.37 Å². The van der Waals surface area contributed by atoms with Crippen LogP contribution in [-0.2, 0) is 6.54 Å². The molecular formula is C22H23FN4O2. The number of aromatic nitrogens is 1. The predicted molar refractivity (Wildman–Crippen MR) is 109 cm³/mol. The van der Waals surface area contributed by atoms with E-state index in [2.05, 4.69) is 27.1 Å². The van der Waals surface area contributed by atoms with E-state index in [0.717, 1.165) is 37.6 Å². The number of hydrogen-bond acceptors (Lipinski definition) is 5. The second-order valence-corrected chi connectivity index (χ2v) is 7.17. The first-order valence-corrected chi connectivity index (χ1v) is 9.61. The summed E-state index contributed by atoms with van der Waals surface area (Å²) in [6.07, 6.45) is 1.79. The molecular weight excluding hydrogens is 371 g/mol. The first-order chi connectivity index (χ1) is 14.1. The Hall–Kier alpha value is -3.19. The summed E-state index contributed by atoms with van der Waals surface area (Å²) in [6, 6.07) is 13.2.